The zero-order chi connectivity index (χ0) is 11.5. The first-order valence-corrected chi connectivity index (χ1v) is 7.53. The summed E-state index contributed by atoms with van der Waals surface area (Å²) < 4.78 is 6.72. The molecule has 0 fully saturated rings. The van der Waals surface area contributed by atoms with Crippen molar-refractivity contribution in [2.24, 2.45) is 0 Å². The van der Waals surface area contributed by atoms with E-state index in [-0.39, 0.29) is 5.97 Å². The van der Waals surface area contributed by atoms with Crippen molar-refractivity contribution in [1.82, 2.24) is 4.98 Å². The Morgan fingerprint density at radius 1 is 1.62 bits per heavy atom. The average molecular weight is 273 g/mol. The van der Waals surface area contributed by atoms with Crippen molar-refractivity contribution in [2.75, 3.05) is 12.9 Å². The number of hydrogen-bond acceptors (Lipinski definition) is 6. The topological polar surface area (TPSA) is 39.2 Å². The van der Waals surface area contributed by atoms with Crippen LogP contribution < -0.4 is 0 Å². The molecule has 2 heterocycles. The quantitative estimate of drug-likeness (QED) is 0.629. The number of carbonyl (C=O) groups is 1. The molecule has 0 aromatic carbocycles. The second-order valence-corrected chi connectivity index (χ2v) is 6.30. The number of nitrogens with zero attached hydrogens (tertiary/aromatic N) is 1. The number of ether oxygens (including phenoxy) is 1. The monoisotopic (exact) mass is 273 g/mol. The van der Waals surface area contributed by atoms with Crippen LogP contribution in [0.5, 0.6) is 0 Å². The van der Waals surface area contributed by atoms with E-state index in [1.807, 2.05) is 5.38 Å². The van der Waals surface area contributed by atoms with E-state index in [1.165, 1.54) is 18.4 Å². The summed E-state index contributed by atoms with van der Waals surface area (Å²) in [5.74, 6) is 0.788. The number of thioether (sulfide) groups is 1. The lowest BCUT2D eigenvalue weighted by atomic mass is 10.3. The van der Waals surface area contributed by atoms with E-state index >= 15 is 0 Å². The molecule has 0 aliphatic carbocycles. The van der Waals surface area contributed by atoms with E-state index in [9.17, 15) is 4.79 Å². The van der Waals surface area contributed by atoms with Gasteiger partial charge in [-0.25, -0.2) is 9.78 Å². The van der Waals surface area contributed by atoms with Gasteiger partial charge in [-0.2, -0.15) is 0 Å². The highest BCUT2D eigenvalue weighted by atomic mass is 32.2. The molecule has 0 saturated heterocycles. The molecule has 6 heteroatoms. The molecule has 0 N–H and O–H groups in total. The molecule has 2 aromatic rings. The van der Waals surface area contributed by atoms with Crippen molar-refractivity contribution >= 4 is 49.9 Å². The number of methoxy groups -OCH3 is 1. The summed E-state index contributed by atoms with van der Waals surface area (Å²) in [5, 5.41) is 1.81. The van der Waals surface area contributed by atoms with Gasteiger partial charge < -0.3 is 4.74 Å². The highest BCUT2D eigenvalue weighted by Crippen LogP contribution is 2.35. The molecule has 2 rings (SSSR count). The van der Waals surface area contributed by atoms with Gasteiger partial charge in [-0.15, -0.1) is 22.7 Å². The van der Waals surface area contributed by atoms with Crippen molar-refractivity contribution in [1.29, 1.82) is 0 Å². The summed E-state index contributed by atoms with van der Waals surface area (Å²) in [5.41, 5.74) is 0.642. The molecule has 0 unspecified atom stereocenters. The molecular weight excluding hydrogens is 262 g/mol. The summed E-state index contributed by atoms with van der Waals surface area (Å²) >= 11 is 4.81. The number of esters is 1. The molecule has 3 nitrogen and oxygen atoms in total. The number of hydrogen-bond donors (Lipinski definition) is 0. The van der Waals surface area contributed by atoms with E-state index in [0.717, 1.165) is 26.0 Å². The van der Waals surface area contributed by atoms with Crippen molar-refractivity contribution in [2.45, 2.75) is 17.7 Å². The standard InChI is InChI=1S/C10H11NO2S3/c1-3-4-14-10-11-8-7(16-10)6(5-15-8)9(12)13-2/h5H,3-4H2,1-2H3. The summed E-state index contributed by atoms with van der Waals surface area (Å²) in [6.07, 6.45) is 1.13. The summed E-state index contributed by atoms with van der Waals surface area (Å²) in [6, 6.07) is 0. The number of carbonyl (C=O) groups excluding carboxylic acids is 1. The predicted octanol–water partition coefficient (Wildman–Crippen LogP) is 3.65. The first kappa shape index (κ1) is 11.9. The summed E-state index contributed by atoms with van der Waals surface area (Å²) in [7, 11) is 1.40. The second kappa shape index (κ2) is 5.16. The molecule has 2 aromatic heterocycles. The van der Waals surface area contributed by atoms with Crippen molar-refractivity contribution in [3.05, 3.63) is 10.9 Å². The van der Waals surface area contributed by atoms with Gasteiger partial charge in [-0.1, -0.05) is 18.7 Å². The Bertz CT molecular complexity index is 503. The van der Waals surface area contributed by atoms with E-state index in [4.69, 9.17) is 4.74 Å². The molecule has 0 radical (unpaired) electrons. The third-order valence-corrected chi connectivity index (χ3v) is 5.38. The Balaban J connectivity index is 2.32. The van der Waals surface area contributed by atoms with Crippen molar-refractivity contribution in [3.63, 3.8) is 0 Å². The van der Waals surface area contributed by atoms with Crippen molar-refractivity contribution in [3.8, 4) is 0 Å². The zero-order valence-electron chi connectivity index (χ0n) is 8.98. The Kier molecular flexibility index (Phi) is 3.83. The smallest absolute Gasteiger partial charge is 0.340 e. The molecule has 0 spiro atoms. The Morgan fingerprint density at radius 3 is 3.12 bits per heavy atom. The summed E-state index contributed by atoms with van der Waals surface area (Å²) in [4.78, 5) is 16.9. The van der Waals surface area contributed by atoms with Crippen LogP contribution in [0, 0.1) is 0 Å². The summed E-state index contributed by atoms with van der Waals surface area (Å²) in [6.45, 7) is 2.14. The predicted molar refractivity (Wildman–Crippen MR) is 69.9 cm³/mol. The highest BCUT2D eigenvalue weighted by Gasteiger charge is 2.16. The third-order valence-electron chi connectivity index (χ3n) is 1.94. The highest BCUT2D eigenvalue weighted by molar-refractivity contribution is 8.01. The lowest BCUT2D eigenvalue weighted by Gasteiger charge is -1.93. The molecule has 86 valence electrons. The number of rotatable bonds is 4. The molecule has 0 bridgehead atoms. The van der Waals surface area contributed by atoms with Gasteiger partial charge in [0.2, 0.25) is 0 Å². The Hall–Kier alpha value is -0.590. The zero-order valence-corrected chi connectivity index (χ0v) is 11.4. The molecule has 0 aliphatic heterocycles. The second-order valence-electron chi connectivity index (χ2n) is 3.10. The van der Waals surface area contributed by atoms with Gasteiger partial charge in [0, 0.05) is 11.1 Å². The van der Waals surface area contributed by atoms with Crippen molar-refractivity contribution < 1.29 is 9.53 Å². The first-order valence-electron chi connectivity index (χ1n) is 4.85. The number of thiazole rings is 1. The van der Waals surface area contributed by atoms with Crippen LogP contribution >= 0.6 is 34.4 Å². The van der Waals surface area contributed by atoms with Gasteiger partial charge in [0.25, 0.3) is 0 Å². The molecule has 0 amide bonds. The Morgan fingerprint density at radius 2 is 2.44 bits per heavy atom. The van der Waals surface area contributed by atoms with Crippen LogP contribution in [0.1, 0.15) is 23.7 Å². The van der Waals surface area contributed by atoms with E-state index in [2.05, 4.69) is 11.9 Å². The van der Waals surface area contributed by atoms with Gasteiger partial charge >= 0.3 is 5.97 Å². The maximum atomic E-state index is 11.5. The first-order chi connectivity index (χ1) is 7.76. The SMILES string of the molecule is CCCSc1nc2scc(C(=O)OC)c2s1. The fraction of sp³-hybridized carbons (Fsp3) is 0.400. The molecule has 0 atom stereocenters. The largest absolute Gasteiger partial charge is 0.465 e. The molecule has 16 heavy (non-hydrogen) atoms. The van der Waals surface area contributed by atoms with Gasteiger partial charge in [-0.3, -0.25) is 0 Å². The fourth-order valence-electron chi connectivity index (χ4n) is 1.21. The van der Waals surface area contributed by atoms with Crippen LogP contribution in [0.25, 0.3) is 9.53 Å². The maximum absolute atomic E-state index is 11.5. The lowest BCUT2D eigenvalue weighted by molar-refractivity contribution is 0.0603. The van der Waals surface area contributed by atoms with Crippen LogP contribution in [0.4, 0.5) is 0 Å². The van der Waals surface area contributed by atoms with Gasteiger partial charge in [-0.05, 0) is 6.42 Å². The minimum absolute atomic E-state index is 0.276. The third kappa shape index (κ3) is 2.23. The van der Waals surface area contributed by atoms with Crippen LogP contribution in [-0.2, 0) is 4.74 Å². The number of aromatic nitrogens is 1. The van der Waals surface area contributed by atoms with Crippen LogP contribution in [0.15, 0.2) is 9.72 Å². The maximum Gasteiger partial charge on any atom is 0.340 e. The average Bonchev–Trinajstić information content (AvgIpc) is 2.84. The van der Waals surface area contributed by atoms with Gasteiger partial charge in [0.05, 0.1) is 17.4 Å². The van der Waals surface area contributed by atoms with E-state index in [0.29, 0.717) is 5.56 Å². The minimum atomic E-state index is -0.276. The van der Waals surface area contributed by atoms with Crippen LogP contribution in [-0.4, -0.2) is 23.8 Å². The number of thiophene rings is 1. The molecule has 0 saturated carbocycles. The van der Waals surface area contributed by atoms with E-state index < -0.39 is 0 Å². The van der Waals surface area contributed by atoms with Crippen LogP contribution in [0.3, 0.4) is 0 Å². The Labute approximate surface area is 106 Å². The molecule has 0 aliphatic rings. The lowest BCUT2D eigenvalue weighted by Crippen LogP contribution is -1.98. The van der Waals surface area contributed by atoms with Gasteiger partial charge in [0.15, 0.2) is 4.34 Å². The number of fused-ring (bicyclic) bond motifs is 1. The molecular formula is C10H11NO2S3. The van der Waals surface area contributed by atoms with Gasteiger partial charge in [0.1, 0.15) is 4.83 Å². The normalized spacial score (nSPS) is 10.9. The fourth-order valence-corrected chi connectivity index (χ4v) is 4.44. The van der Waals surface area contributed by atoms with E-state index in [1.54, 1.807) is 23.1 Å². The van der Waals surface area contributed by atoms with Crippen LogP contribution in [0.2, 0.25) is 0 Å². The minimum Gasteiger partial charge on any atom is -0.465 e.